The molecule has 0 unspecified atom stereocenters. The monoisotopic (exact) mass is 302 g/mol. The van der Waals surface area contributed by atoms with Crippen molar-refractivity contribution in [3.05, 3.63) is 34.1 Å². The smallest absolute Gasteiger partial charge is 0.303 e. The number of benzene rings is 1. The molecule has 1 aromatic rings. The zero-order valence-electron chi connectivity index (χ0n) is 8.99. The number of carboxylic acids is 1. The van der Waals surface area contributed by atoms with E-state index in [1.807, 2.05) is 0 Å². The molecule has 0 amide bonds. The third-order valence-electron chi connectivity index (χ3n) is 3.15. The molecule has 92 valence electrons. The lowest BCUT2D eigenvalue weighted by Gasteiger charge is -2.43. The maximum Gasteiger partial charge on any atom is 0.303 e. The summed E-state index contributed by atoms with van der Waals surface area (Å²) in [5.74, 6) is -1.41. The van der Waals surface area contributed by atoms with Crippen LogP contribution in [0.5, 0.6) is 0 Å². The lowest BCUT2D eigenvalue weighted by molar-refractivity contribution is -0.143. The maximum absolute atomic E-state index is 13.6. The first-order chi connectivity index (χ1) is 7.90. The molecule has 17 heavy (non-hydrogen) atoms. The molecule has 1 aromatic carbocycles. The van der Waals surface area contributed by atoms with Gasteiger partial charge in [0.15, 0.2) is 0 Å². The molecule has 0 spiro atoms. The van der Waals surface area contributed by atoms with Crippen LogP contribution in [0.4, 0.5) is 4.39 Å². The predicted molar refractivity (Wildman–Crippen MR) is 63.0 cm³/mol. The van der Waals surface area contributed by atoms with E-state index in [1.54, 1.807) is 12.1 Å². The number of hydrogen-bond acceptors (Lipinski definition) is 2. The molecule has 2 N–H and O–H groups in total. The lowest BCUT2D eigenvalue weighted by Crippen LogP contribution is -2.42. The molecule has 0 atom stereocenters. The second-order valence-electron chi connectivity index (χ2n) is 4.53. The van der Waals surface area contributed by atoms with E-state index in [0.717, 1.165) is 0 Å². The SMILES string of the molecule is O=C(O)CC1CC(O)(c2cc(Br)ccc2F)C1. The van der Waals surface area contributed by atoms with Crippen LogP contribution in [-0.2, 0) is 10.4 Å². The molecule has 0 radical (unpaired) electrons. The summed E-state index contributed by atoms with van der Waals surface area (Å²) >= 11 is 3.23. The lowest BCUT2D eigenvalue weighted by atomic mass is 9.66. The molecule has 0 heterocycles. The Hall–Kier alpha value is -0.940. The van der Waals surface area contributed by atoms with E-state index in [0.29, 0.717) is 17.3 Å². The fourth-order valence-electron chi connectivity index (χ4n) is 2.36. The fraction of sp³-hybridized carbons (Fsp3) is 0.417. The van der Waals surface area contributed by atoms with Gasteiger partial charge in [-0.3, -0.25) is 4.79 Å². The van der Waals surface area contributed by atoms with E-state index in [1.165, 1.54) is 6.07 Å². The summed E-state index contributed by atoms with van der Waals surface area (Å²) in [6.45, 7) is 0. The minimum atomic E-state index is -1.21. The Morgan fingerprint density at radius 3 is 2.76 bits per heavy atom. The third-order valence-corrected chi connectivity index (χ3v) is 3.64. The van der Waals surface area contributed by atoms with Crippen LogP contribution >= 0.6 is 15.9 Å². The van der Waals surface area contributed by atoms with Gasteiger partial charge in [-0.15, -0.1) is 0 Å². The number of aliphatic carboxylic acids is 1. The fourth-order valence-corrected chi connectivity index (χ4v) is 2.72. The molecule has 3 nitrogen and oxygen atoms in total. The van der Waals surface area contributed by atoms with Crippen molar-refractivity contribution in [1.82, 2.24) is 0 Å². The predicted octanol–water partition coefficient (Wildman–Crippen LogP) is 2.66. The molecular weight excluding hydrogens is 291 g/mol. The van der Waals surface area contributed by atoms with Gasteiger partial charge in [0.05, 0.1) is 5.60 Å². The first kappa shape index (κ1) is 12.5. The third kappa shape index (κ3) is 2.50. The van der Waals surface area contributed by atoms with Gasteiger partial charge in [0, 0.05) is 16.5 Å². The van der Waals surface area contributed by atoms with Gasteiger partial charge in [-0.05, 0) is 37.0 Å². The van der Waals surface area contributed by atoms with E-state index < -0.39 is 17.4 Å². The van der Waals surface area contributed by atoms with Gasteiger partial charge in [-0.25, -0.2) is 4.39 Å². The van der Waals surface area contributed by atoms with Gasteiger partial charge in [0.2, 0.25) is 0 Å². The summed E-state index contributed by atoms with van der Waals surface area (Å²) in [7, 11) is 0. The molecule has 1 fully saturated rings. The average Bonchev–Trinajstić information content (AvgIpc) is 2.18. The largest absolute Gasteiger partial charge is 0.481 e. The van der Waals surface area contributed by atoms with Crippen LogP contribution in [0.2, 0.25) is 0 Å². The van der Waals surface area contributed by atoms with Crippen molar-refractivity contribution < 1.29 is 19.4 Å². The molecule has 0 saturated heterocycles. The Balaban J connectivity index is 2.14. The normalized spacial score (nSPS) is 27.6. The van der Waals surface area contributed by atoms with Crippen LogP contribution in [0.15, 0.2) is 22.7 Å². The molecule has 1 aliphatic carbocycles. The topological polar surface area (TPSA) is 57.5 Å². The minimum Gasteiger partial charge on any atom is -0.481 e. The highest BCUT2D eigenvalue weighted by Gasteiger charge is 2.46. The molecule has 0 bridgehead atoms. The zero-order chi connectivity index (χ0) is 12.6. The average molecular weight is 303 g/mol. The van der Waals surface area contributed by atoms with Crippen LogP contribution in [-0.4, -0.2) is 16.2 Å². The van der Waals surface area contributed by atoms with Crippen LogP contribution in [0.1, 0.15) is 24.8 Å². The Bertz CT molecular complexity index is 455. The number of carboxylic acid groups (broad SMARTS) is 1. The number of rotatable bonds is 3. The highest BCUT2D eigenvalue weighted by atomic mass is 79.9. The zero-order valence-corrected chi connectivity index (χ0v) is 10.6. The van der Waals surface area contributed by atoms with E-state index >= 15 is 0 Å². The van der Waals surface area contributed by atoms with Crippen LogP contribution in [0.3, 0.4) is 0 Å². The highest BCUT2D eigenvalue weighted by molar-refractivity contribution is 9.10. The Morgan fingerprint density at radius 2 is 2.18 bits per heavy atom. The summed E-state index contributed by atoms with van der Waals surface area (Å²) in [5.41, 5.74) is -0.970. The quantitative estimate of drug-likeness (QED) is 0.902. The number of halogens is 2. The Labute approximate surface area is 106 Å². The van der Waals surface area contributed by atoms with Crippen molar-refractivity contribution in [2.75, 3.05) is 0 Å². The van der Waals surface area contributed by atoms with Crippen LogP contribution in [0.25, 0.3) is 0 Å². The summed E-state index contributed by atoms with van der Waals surface area (Å²) in [5, 5.41) is 18.8. The van der Waals surface area contributed by atoms with Gasteiger partial charge < -0.3 is 10.2 Å². The van der Waals surface area contributed by atoms with Crippen molar-refractivity contribution >= 4 is 21.9 Å². The summed E-state index contributed by atoms with van der Waals surface area (Å²) in [4.78, 5) is 10.5. The van der Waals surface area contributed by atoms with Crippen molar-refractivity contribution in [3.63, 3.8) is 0 Å². The number of aliphatic hydroxyl groups is 1. The summed E-state index contributed by atoms with van der Waals surface area (Å²) < 4.78 is 14.3. The highest BCUT2D eigenvalue weighted by Crippen LogP contribution is 2.48. The molecule has 1 saturated carbocycles. The first-order valence-corrected chi connectivity index (χ1v) is 6.10. The molecule has 0 aliphatic heterocycles. The minimum absolute atomic E-state index is 0.0257. The molecule has 5 heteroatoms. The second kappa shape index (κ2) is 4.38. The van der Waals surface area contributed by atoms with E-state index in [-0.39, 0.29) is 17.9 Å². The van der Waals surface area contributed by atoms with Crippen molar-refractivity contribution in [1.29, 1.82) is 0 Å². The maximum atomic E-state index is 13.6. The van der Waals surface area contributed by atoms with Crippen LogP contribution < -0.4 is 0 Å². The van der Waals surface area contributed by atoms with Gasteiger partial charge >= 0.3 is 5.97 Å². The van der Waals surface area contributed by atoms with E-state index in [9.17, 15) is 14.3 Å². The van der Waals surface area contributed by atoms with E-state index in [2.05, 4.69) is 15.9 Å². The Morgan fingerprint density at radius 1 is 1.53 bits per heavy atom. The standard InChI is InChI=1S/C12H12BrFO3/c13-8-1-2-10(14)9(4-8)12(17)5-7(6-12)3-11(15)16/h1-2,4,7,17H,3,5-6H2,(H,15,16). The van der Waals surface area contributed by atoms with Crippen molar-refractivity contribution in [3.8, 4) is 0 Å². The van der Waals surface area contributed by atoms with Crippen molar-refractivity contribution in [2.24, 2.45) is 5.92 Å². The van der Waals surface area contributed by atoms with E-state index in [4.69, 9.17) is 5.11 Å². The molecule has 0 aromatic heterocycles. The molecule has 1 aliphatic rings. The van der Waals surface area contributed by atoms with Crippen LogP contribution in [0, 0.1) is 11.7 Å². The second-order valence-corrected chi connectivity index (χ2v) is 5.44. The molecular formula is C12H12BrFO3. The van der Waals surface area contributed by atoms with Gasteiger partial charge in [0.25, 0.3) is 0 Å². The summed E-state index contributed by atoms with van der Waals surface area (Å²) in [6.07, 6.45) is 0.622. The van der Waals surface area contributed by atoms with Crippen molar-refractivity contribution in [2.45, 2.75) is 24.9 Å². The Kier molecular flexibility index (Phi) is 3.23. The van der Waals surface area contributed by atoms with Gasteiger partial charge in [-0.2, -0.15) is 0 Å². The first-order valence-electron chi connectivity index (χ1n) is 5.30. The number of carbonyl (C=O) groups is 1. The molecule has 2 rings (SSSR count). The number of hydrogen-bond donors (Lipinski definition) is 2. The van der Waals surface area contributed by atoms with Gasteiger partial charge in [-0.1, -0.05) is 15.9 Å². The van der Waals surface area contributed by atoms with Gasteiger partial charge in [0.1, 0.15) is 5.82 Å². The summed E-state index contributed by atoms with van der Waals surface area (Å²) in [6, 6.07) is 4.41.